The lowest BCUT2D eigenvalue weighted by molar-refractivity contribution is 0.0719. The third-order valence-corrected chi connectivity index (χ3v) is 3.06. The van der Waals surface area contributed by atoms with Crippen LogP contribution in [0.4, 0.5) is 0 Å². The van der Waals surface area contributed by atoms with Crippen molar-refractivity contribution in [3.63, 3.8) is 0 Å². The van der Waals surface area contributed by atoms with Gasteiger partial charge in [0.15, 0.2) is 0 Å². The molecule has 1 rings (SSSR count). The fraction of sp³-hybridized carbons (Fsp3) is 0.471. The van der Waals surface area contributed by atoms with Crippen molar-refractivity contribution in [2.75, 3.05) is 26.3 Å². The molecule has 4 heteroatoms. The summed E-state index contributed by atoms with van der Waals surface area (Å²) in [4.78, 5) is 14.3. The molecule has 0 aromatic heterocycles. The molecule has 1 amide bonds. The maximum Gasteiger partial charge on any atom is 0.255 e. The largest absolute Gasteiger partial charge is 0.395 e. The smallest absolute Gasteiger partial charge is 0.255 e. The van der Waals surface area contributed by atoms with Gasteiger partial charge in [-0.1, -0.05) is 37.3 Å². The van der Waals surface area contributed by atoms with Gasteiger partial charge in [-0.05, 0) is 18.6 Å². The number of amides is 1. The van der Waals surface area contributed by atoms with Crippen LogP contribution < -0.4 is 0 Å². The molecule has 0 saturated heterocycles. The van der Waals surface area contributed by atoms with Gasteiger partial charge in [-0.15, -0.1) is 0 Å². The first-order chi connectivity index (χ1) is 10.2. The van der Waals surface area contributed by atoms with Crippen LogP contribution in [0.25, 0.3) is 0 Å². The summed E-state index contributed by atoms with van der Waals surface area (Å²) in [6.07, 6.45) is 2.29. The highest BCUT2D eigenvalue weighted by molar-refractivity contribution is 5.96. The second kappa shape index (κ2) is 9.98. The number of benzene rings is 1. The zero-order valence-corrected chi connectivity index (χ0v) is 12.5. The number of hydrogen-bond acceptors (Lipinski definition) is 3. The van der Waals surface area contributed by atoms with Crippen LogP contribution in [-0.2, 0) is 0 Å². The highest BCUT2D eigenvalue weighted by atomic mass is 16.3. The Kier molecular flexibility index (Phi) is 8.18. The lowest BCUT2D eigenvalue weighted by Gasteiger charge is -2.22. The minimum absolute atomic E-state index is 0.0102. The molecular formula is C17H23NO3. The summed E-state index contributed by atoms with van der Waals surface area (Å²) in [6, 6.07) is 7.19. The van der Waals surface area contributed by atoms with Gasteiger partial charge in [0, 0.05) is 25.1 Å². The number of unbranched alkanes of at least 4 members (excludes halogenated alkanes) is 1. The van der Waals surface area contributed by atoms with E-state index >= 15 is 0 Å². The van der Waals surface area contributed by atoms with Crippen molar-refractivity contribution >= 4 is 5.91 Å². The number of aliphatic hydroxyl groups is 2. The average Bonchev–Trinajstić information content (AvgIpc) is 2.51. The first-order valence-electron chi connectivity index (χ1n) is 7.33. The minimum Gasteiger partial charge on any atom is -0.395 e. The monoisotopic (exact) mass is 289 g/mol. The molecule has 114 valence electrons. The van der Waals surface area contributed by atoms with Crippen LogP contribution >= 0.6 is 0 Å². The summed E-state index contributed by atoms with van der Waals surface area (Å²) in [5.74, 6) is 5.66. The van der Waals surface area contributed by atoms with Crippen LogP contribution in [0.2, 0.25) is 0 Å². The third kappa shape index (κ3) is 5.58. The van der Waals surface area contributed by atoms with Gasteiger partial charge in [0.2, 0.25) is 0 Å². The predicted molar refractivity (Wildman–Crippen MR) is 82.9 cm³/mol. The predicted octanol–water partition coefficient (Wildman–Crippen LogP) is 1.66. The molecule has 0 aliphatic carbocycles. The van der Waals surface area contributed by atoms with Gasteiger partial charge in [-0.25, -0.2) is 0 Å². The van der Waals surface area contributed by atoms with Crippen LogP contribution in [-0.4, -0.2) is 47.3 Å². The van der Waals surface area contributed by atoms with Gasteiger partial charge >= 0.3 is 0 Å². The first kappa shape index (κ1) is 17.2. The Hall–Kier alpha value is -1.83. The first-order valence-corrected chi connectivity index (χ1v) is 7.33. The molecule has 0 unspecified atom stereocenters. The highest BCUT2D eigenvalue weighted by Gasteiger charge is 2.17. The van der Waals surface area contributed by atoms with Crippen LogP contribution in [0.1, 0.15) is 42.1 Å². The molecule has 2 N–H and O–H groups in total. The van der Waals surface area contributed by atoms with E-state index in [1.54, 1.807) is 23.1 Å². The van der Waals surface area contributed by atoms with Crippen molar-refractivity contribution in [3.05, 3.63) is 35.4 Å². The average molecular weight is 289 g/mol. The van der Waals surface area contributed by atoms with Gasteiger partial charge in [-0.3, -0.25) is 4.79 Å². The van der Waals surface area contributed by atoms with E-state index in [4.69, 9.17) is 10.2 Å². The normalized spacial score (nSPS) is 9.86. The van der Waals surface area contributed by atoms with E-state index in [9.17, 15) is 4.79 Å². The number of carbonyl (C=O) groups is 1. The molecule has 0 aliphatic heterocycles. The van der Waals surface area contributed by atoms with Crippen molar-refractivity contribution in [1.82, 2.24) is 4.90 Å². The molecule has 0 radical (unpaired) electrons. The zero-order valence-electron chi connectivity index (χ0n) is 12.5. The topological polar surface area (TPSA) is 60.8 Å². The van der Waals surface area contributed by atoms with Crippen LogP contribution in [0.3, 0.4) is 0 Å². The Bertz CT molecular complexity index is 502. The Morgan fingerprint density at radius 3 is 2.62 bits per heavy atom. The molecular weight excluding hydrogens is 266 g/mol. The van der Waals surface area contributed by atoms with Crippen molar-refractivity contribution in [3.8, 4) is 11.8 Å². The number of aliphatic hydroxyl groups excluding tert-OH is 2. The Morgan fingerprint density at radius 2 is 1.95 bits per heavy atom. The molecule has 1 aromatic carbocycles. The van der Waals surface area contributed by atoms with E-state index in [2.05, 4.69) is 18.8 Å². The molecule has 1 aromatic rings. The molecule has 0 spiro atoms. The second-order valence-corrected chi connectivity index (χ2v) is 4.69. The molecule has 0 aliphatic rings. The van der Waals surface area contributed by atoms with Gasteiger partial charge in [0.05, 0.1) is 18.8 Å². The number of rotatable bonds is 7. The lowest BCUT2D eigenvalue weighted by Crippen LogP contribution is -2.34. The molecule has 0 atom stereocenters. The maximum absolute atomic E-state index is 12.6. The van der Waals surface area contributed by atoms with E-state index in [1.807, 2.05) is 6.07 Å². The van der Waals surface area contributed by atoms with Gasteiger partial charge in [0.1, 0.15) is 0 Å². The molecule has 21 heavy (non-hydrogen) atoms. The van der Waals surface area contributed by atoms with Crippen LogP contribution in [0.15, 0.2) is 24.3 Å². The molecule has 0 heterocycles. The van der Waals surface area contributed by atoms with Crippen LogP contribution in [0.5, 0.6) is 0 Å². The zero-order chi connectivity index (χ0) is 15.5. The fourth-order valence-electron chi connectivity index (χ4n) is 1.95. The number of hydrogen-bond donors (Lipinski definition) is 2. The lowest BCUT2D eigenvalue weighted by atomic mass is 10.1. The highest BCUT2D eigenvalue weighted by Crippen LogP contribution is 2.12. The number of carbonyl (C=O) groups excluding carboxylic acids is 1. The van der Waals surface area contributed by atoms with E-state index < -0.39 is 0 Å². The van der Waals surface area contributed by atoms with Crippen molar-refractivity contribution < 1.29 is 15.0 Å². The van der Waals surface area contributed by atoms with E-state index in [0.717, 1.165) is 12.8 Å². The Morgan fingerprint density at radius 1 is 1.19 bits per heavy atom. The summed E-state index contributed by atoms with van der Waals surface area (Å²) in [7, 11) is 0. The van der Waals surface area contributed by atoms with E-state index in [-0.39, 0.29) is 19.1 Å². The van der Waals surface area contributed by atoms with Gasteiger partial charge in [-0.2, -0.15) is 0 Å². The van der Waals surface area contributed by atoms with Crippen molar-refractivity contribution in [1.29, 1.82) is 0 Å². The summed E-state index contributed by atoms with van der Waals surface area (Å²) >= 11 is 0. The Labute approximate surface area is 126 Å². The summed E-state index contributed by atoms with van der Waals surface area (Å²) < 4.78 is 0. The van der Waals surface area contributed by atoms with E-state index in [1.165, 1.54) is 0 Å². The summed E-state index contributed by atoms with van der Waals surface area (Å²) in [6.45, 7) is 2.99. The molecule has 0 bridgehead atoms. The molecule has 4 nitrogen and oxygen atoms in total. The number of nitrogens with zero attached hydrogens (tertiary/aromatic N) is 1. The Balaban J connectivity index is 2.96. The second-order valence-electron chi connectivity index (χ2n) is 4.69. The van der Waals surface area contributed by atoms with E-state index in [0.29, 0.717) is 30.6 Å². The summed E-state index contributed by atoms with van der Waals surface area (Å²) in [5, 5.41) is 17.9. The van der Waals surface area contributed by atoms with Crippen LogP contribution in [0, 0.1) is 11.8 Å². The quantitative estimate of drug-likeness (QED) is 0.750. The summed E-state index contributed by atoms with van der Waals surface area (Å²) in [5.41, 5.74) is 1.21. The maximum atomic E-state index is 12.6. The van der Waals surface area contributed by atoms with Crippen molar-refractivity contribution in [2.45, 2.75) is 26.2 Å². The molecule has 0 saturated carbocycles. The van der Waals surface area contributed by atoms with Gasteiger partial charge < -0.3 is 15.1 Å². The van der Waals surface area contributed by atoms with Gasteiger partial charge in [0.25, 0.3) is 5.91 Å². The fourth-order valence-corrected chi connectivity index (χ4v) is 1.95. The molecule has 0 fully saturated rings. The minimum atomic E-state index is -0.105. The third-order valence-electron chi connectivity index (χ3n) is 3.06. The standard InChI is InChI=1S/C17H23NO3/c1-2-3-11-18(12-14-20)17(21)16-10-5-4-8-15(16)9-6-7-13-19/h4-5,8,10,19-20H,2-3,7,11-14H2,1H3. The SMILES string of the molecule is CCCCN(CCO)C(=O)c1ccccc1C#CCCO. The van der Waals surface area contributed by atoms with Crippen molar-refractivity contribution in [2.24, 2.45) is 0 Å².